The summed E-state index contributed by atoms with van der Waals surface area (Å²) in [6.45, 7) is 2.42. The summed E-state index contributed by atoms with van der Waals surface area (Å²) in [4.78, 5) is 23.9. The number of anilines is 1. The number of carbonyl (C=O) groups excluding carboxylic acids is 2. The first-order chi connectivity index (χ1) is 14.1. The molecular formula is C21H25N3O5. The highest BCUT2D eigenvalue weighted by atomic mass is 16.5. The fraction of sp³-hybridized carbons (Fsp3) is 0.286. The van der Waals surface area contributed by atoms with Crippen molar-refractivity contribution in [3.63, 3.8) is 0 Å². The Hall–Kier alpha value is -3.55. The summed E-state index contributed by atoms with van der Waals surface area (Å²) in [6, 6.07) is 12.4. The van der Waals surface area contributed by atoms with Gasteiger partial charge in [0.15, 0.2) is 11.5 Å². The van der Waals surface area contributed by atoms with E-state index in [9.17, 15) is 9.59 Å². The van der Waals surface area contributed by atoms with Crippen molar-refractivity contribution in [2.45, 2.75) is 19.8 Å². The van der Waals surface area contributed by atoms with Gasteiger partial charge in [0.25, 0.3) is 0 Å². The Labute approximate surface area is 169 Å². The molecule has 0 aliphatic carbocycles. The largest absolute Gasteiger partial charge is 0.495 e. The molecule has 8 nitrogen and oxygen atoms in total. The summed E-state index contributed by atoms with van der Waals surface area (Å²) in [5.74, 6) is 1.12. The molecule has 0 saturated heterocycles. The number of methoxy groups -OCH3 is 2. The van der Waals surface area contributed by atoms with Crippen LogP contribution in [0.4, 0.5) is 5.69 Å². The van der Waals surface area contributed by atoms with Crippen LogP contribution in [0.3, 0.4) is 0 Å². The molecule has 0 aromatic heterocycles. The van der Waals surface area contributed by atoms with Gasteiger partial charge in [-0.25, -0.2) is 5.43 Å². The van der Waals surface area contributed by atoms with Gasteiger partial charge in [-0.3, -0.25) is 9.59 Å². The molecule has 2 aromatic carbocycles. The van der Waals surface area contributed by atoms with Gasteiger partial charge in [0, 0.05) is 12.8 Å². The van der Waals surface area contributed by atoms with Crippen LogP contribution in [0.25, 0.3) is 0 Å². The molecule has 154 valence electrons. The number of nitrogens with zero attached hydrogens (tertiary/aromatic N) is 1. The van der Waals surface area contributed by atoms with E-state index in [4.69, 9.17) is 14.2 Å². The van der Waals surface area contributed by atoms with Crippen molar-refractivity contribution < 1.29 is 23.8 Å². The van der Waals surface area contributed by atoms with E-state index >= 15 is 0 Å². The minimum Gasteiger partial charge on any atom is -0.495 e. The number of nitrogens with one attached hydrogen (secondary N) is 2. The summed E-state index contributed by atoms with van der Waals surface area (Å²) in [5.41, 5.74) is 3.70. The van der Waals surface area contributed by atoms with E-state index < -0.39 is 0 Å². The van der Waals surface area contributed by atoms with Gasteiger partial charge in [0.05, 0.1) is 32.7 Å². The van der Waals surface area contributed by atoms with Crippen molar-refractivity contribution in [1.82, 2.24) is 5.43 Å². The molecule has 2 aromatic rings. The average molecular weight is 399 g/mol. The normalized spacial score (nSPS) is 10.4. The molecule has 0 fully saturated rings. The minimum absolute atomic E-state index is 0.00488. The maximum Gasteiger partial charge on any atom is 0.240 e. The Morgan fingerprint density at radius 2 is 1.69 bits per heavy atom. The lowest BCUT2D eigenvalue weighted by atomic mass is 10.2. The molecule has 2 N–H and O–H groups in total. The number of amides is 2. The number of benzene rings is 2. The lowest BCUT2D eigenvalue weighted by molar-refractivity contribution is -0.124. The lowest BCUT2D eigenvalue weighted by Gasteiger charge is -2.09. The van der Waals surface area contributed by atoms with E-state index in [1.807, 2.05) is 6.92 Å². The fourth-order valence-electron chi connectivity index (χ4n) is 2.46. The number of hydrazone groups is 1. The third-order valence-corrected chi connectivity index (χ3v) is 3.85. The van der Waals surface area contributed by atoms with Crippen molar-refractivity contribution >= 4 is 23.7 Å². The van der Waals surface area contributed by atoms with Crippen molar-refractivity contribution in [1.29, 1.82) is 0 Å². The first-order valence-corrected chi connectivity index (χ1v) is 9.13. The van der Waals surface area contributed by atoms with Crippen LogP contribution in [0.5, 0.6) is 17.2 Å². The van der Waals surface area contributed by atoms with Gasteiger partial charge in [0.2, 0.25) is 11.8 Å². The van der Waals surface area contributed by atoms with E-state index in [0.29, 0.717) is 29.5 Å². The van der Waals surface area contributed by atoms with Crippen molar-refractivity contribution in [2.24, 2.45) is 5.10 Å². The van der Waals surface area contributed by atoms with Gasteiger partial charge in [-0.2, -0.15) is 5.10 Å². The van der Waals surface area contributed by atoms with Crippen molar-refractivity contribution in [3.8, 4) is 17.2 Å². The fourth-order valence-corrected chi connectivity index (χ4v) is 2.46. The minimum atomic E-state index is -0.366. The van der Waals surface area contributed by atoms with Gasteiger partial charge in [-0.15, -0.1) is 0 Å². The maximum absolute atomic E-state index is 12.0. The van der Waals surface area contributed by atoms with E-state index in [2.05, 4.69) is 15.8 Å². The van der Waals surface area contributed by atoms with E-state index in [1.165, 1.54) is 13.3 Å². The number of para-hydroxylation sites is 2. The molecule has 0 aliphatic heterocycles. The summed E-state index contributed by atoms with van der Waals surface area (Å²) in [5, 5.41) is 6.63. The van der Waals surface area contributed by atoms with Gasteiger partial charge >= 0.3 is 0 Å². The average Bonchev–Trinajstić information content (AvgIpc) is 2.73. The van der Waals surface area contributed by atoms with Crippen LogP contribution < -0.4 is 25.0 Å². The van der Waals surface area contributed by atoms with Crippen LogP contribution in [-0.2, 0) is 9.59 Å². The van der Waals surface area contributed by atoms with Crippen LogP contribution >= 0.6 is 0 Å². The maximum atomic E-state index is 12.0. The predicted octanol–water partition coefficient (Wildman–Crippen LogP) is 2.97. The van der Waals surface area contributed by atoms with Crippen LogP contribution in [0.15, 0.2) is 47.6 Å². The van der Waals surface area contributed by atoms with Gasteiger partial charge in [-0.1, -0.05) is 12.1 Å². The first-order valence-electron chi connectivity index (χ1n) is 9.13. The van der Waals surface area contributed by atoms with Crippen LogP contribution in [0, 0.1) is 0 Å². The molecule has 0 atom stereocenters. The number of carbonyl (C=O) groups is 2. The van der Waals surface area contributed by atoms with Crippen LogP contribution in [0.1, 0.15) is 25.3 Å². The van der Waals surface area contributed by atoms with Crippen molar-refractivity contribution in [3.05, 3.63) is 48.0 Å². The monoisotopic (exact) mass is 399 g/mol. The zero-order valence-corrected chi connectivity index (χ0v) is 16.7. The van der Waals surface area contributed by atoms with E-state index in [0.717, 1.165) is 5.56 Å². The van der Waals surface area contributed by atoms with Crippen molar-refractivity contribution in [2.75, 3.05) is 26.1 Å². The van der Waals surface area contributed by atoms with Gasteiger partial charge < -0.3 is 19.5 Å². The number of hydrogen-bond donors (Lipinski definition) is 2. The zero-order chi connectivity index (χ0) is 21.1. The third kappa shape index (κ3) is 6.84. The van der Waals surface area contributed by atoms with Crippen LogP contribution in [0.2, 0.25) is 0 Å². The Bertz CT molecular complexity index is 867. The molecule has 8 heteroatoms. The quantitative estimate of drug-likeness (QED) is 0.473. The Balaban J connectivity index is 1.81. The Kier molecular flexibility index (Phi) is 8.50. The molecule has 0 radical (unpaired) electrons. The highest BCUT2D eigenvalue weighted by molar-refractivity contribution is 5.94. The number of rotatable bonds is 10. The molecule has 0 unspecified atom stereocenters. The Morgan fingerprint density at radius 3 is 2.41 bits per heavy atom. The molecular weight excluding hydrogens is 374 g/mol. The van der Waals surface area contributed by atoms with Gasteiger partial charge in [-0.05, 0) is 42.8 Å². The van der Waals surface area contributed by atoms with Crippen LogP contribution in [-0.4, -0.2) is 38.9 Å². The molecule has 29 heavy (non-hydrogen) atoms. The third-order valence-electron chi connectivity index (χ3n) is 3.85. The second-order valence-corrected chi connectivity index (χ2v) is 5.88. The Morgan fingerprint density at radius 1 is 0.966 bits per heavy atom. The summed E-state index contributed by atoms with van der Waals surface area (Å²) in [7, 11) is 3.08. The standard InChI is InChI=1S/C21H25N3O5/c1-4-29-18-10-9-15(13-19(18)28-3)14-22-24-21(26)12-11-20(25)23-16-7-5-6-8-17(16)27-2/h5-10,13-14H,4,11-12H2,1-3H3,(H,23,25)(H,24,26). The smallest absolute Gasteiger partial charge is 0.240 e. The first kappa shape index (κ1) is 21.7. The highest BCUT2D eigenvalue weighted by Gasteiger charge is 2.09. The number of hydrogen-bond acceptors (Lipinski definition) is 6. The second-order valence-electron chi connectivity index (χ2n) is 5.88. The lowest BCUT2D eigenvalue weighted by Crippen LogP contribution is -2.20. The second kappa shape index (κ2) is 11.3. The van der Waals surface area contributed by atoms with E-state index in [-0.39, 0.29) is 24.7 Å². The molecule has 0 saturated carbocycles. The molecule has 2 amide bonds. The topological polar surface area (TPSA) is 98.2 Å². The zero-order valence-electron chi connectivity index (χ0n) is 16.7. The summed E-state index contributed by atoms with van der Waals surface area (Å²) in [6.07, 6.45) is 1.52. The molecule has 0 aliphatic rings. The number of ether oxygens (including phenoxy) is 3. The molecule has 0 spiro atoms. The molecule has 2 rings (SSSR count). The molecule has 0 heterocycles. The van der Waals surface area contributed by atoms with E-state index in [1.54, 1.807) is 49.6 Å². The predicted molar refractivity (Wildman–Crippen MR) is 111 cm³/mol. The summed E-state index contributed by atoms with van der Waals surface area (Å²) < 4.78 is 15.9. The SMILES string of the molecule is CCOc1ccc(C=NNC(=O)CCC(=O)Nc2ccccc2OC)cc1OC. The molecule has 0 bridgehead atoms. The van der Waals surface area contributed by atoms with Gasteiger partial charge in [0.1, 0.15) is 5.75 Å². The highest BCUT2D eigenvalue weighted by Crippen LogP contribution is 2.27. The summed E-state index contributed by atoms with van der Waals surface area (Å²) >= 11 is 0.